The minimum absolute atomic E-state index is 0.250. The van der Waals surface area contributed by atoms with Crippen LogP contribution in [0.1, 0.15) is 133 Å². The lowest BCUT2D eigenvalue weighted by Gasteiger charge is -2.39. The summed E-state index contributed by atoms with van der Waals surface area (Å²) >= 11 is 0. The molecule has 12 nitrogen and oxygen atoms in total. The number of carboxylic acid groups (broad SMARTS) is 3. The van der Waals surface area contributed by atoms with E-state index in [9.17, 15) is 29.7 Å². The maximum atomic E-state index is 11.5. The molecular weight excluding hydrogens is 1120 g/mol. The van der Waals surface area contributed by atoms with Crippen molar-refractivity contribution in [3.63, 3.8) is 0 Å². The Labute approximate surface area is 535 Å². The zero-order valence-electron chi connectivity index (χ0n) is 54.8. The average molecular weight is 1210 g/mol. The van der Waals surface area contributed by atoms with Crippen LogP contribution in [-0.2, 0) is 31.0 Å². The van der Waals surface area contributed by atoms with Gasteiger partial charge in [-0.1, -0.05) is 273 Å². The van der Waals surface area contributed by atoms with Crippen LogP contribution in [0, 0.1) is 0 Å². The highest BCUT2D eigenvalue weighted by Gasteiger charge is 2.40. The lowest BCUT2D eigenvalue weighted by atomic mass is 9.76. The van der Waals surface area contributed by atoms with Crippen LogP contribution >= 0.6 is 0 Å². The first-order valence-corrected chi connectivity index (χ1v) is 30.4. The SMILES string of the molecule is CC(C)(C)[NH3+].CC(C)(C)[NH3+].CC(C)(C)[NH3+].C[C@H](NC(c1ccccc1)(c1ccccc1)c1ccccc1)C(=O)[O-].C[C@H](NC(c1ccccc1)(c1ccccc1)c1ccccc1)C(=O)[O-].C[C@H](NC(c1ccccc1)(c1ccccc1)c1ccccc1)C(=O)[O-]. The molecule has 0 bridgehead atoms. The monoisotopic (exact) mass is 1210 g/mol. The third-order valence-corrected chi connectivity index (χ3v) is 13.2. The van der Waals surface area contributed by atoms with Crippen molar-refractivity contribution in [3.8, 4) is 0 Å². The number of rotatable bonds is 18. The summed E-state index contributed by atoms with van der Waals surface area (Å²) in [4.78, 5) is 34.5. The first-order valence-electron chi connectivity index (χ1n) is 30.4. The molecule has 0 amide bonds. The molecule has 0 radical (unpaired) electrons. The molecule has 0 aromatic heterocycles. The highest BCUT2D eigenvalue weighted by atomic mass is 16.4. The van der Waals surface area contributed by atoms with Crippen molar-refractivity contribution in [2.24, 2.45) is 0 Å². The Balaban J connectivity index is 0.000000258. The molecule has 12 heteroatoms. The third kappa shape index (κ3) is 23.3. The molecule has 0 saturated heterocycles. The molecular formula is C78H96N6O6. The fraction of sp³-hybridized carbons (Fsp3) is 0.269. The molecule has 9 rings (SSSR count). The van der Waals surface area contributed by atoms with Crippen molar-refractivity contribution in [1.82, 2.24) is 16.0 Å². The Hall–Kier alpha value is -8.85. The summed E-state index contributed by atoms with van der Waals surface area (Å²) in [7, 11) is 0. The van der Waals surface area contributed by atoms with Crippen LogP contribution in [0.5, 0.6) is 0 Å². The van der Waals surface area contributed by atoms with E-state index >= 15 is 0 Å². The van der Waals surface area contributed by atoms with Crippen LogP contribution in [0.4, 0.5) is 0 Å². The Kier molecular flexibility index (Phi) is 28.5. The van der Waals surface area contributed by atoms with E-state index in [4.69, 9.17) is 0 Å². The quantitative estimate of drug-likeness (QED) is 0.0453. The maximum absolute atomic E-state index is 11.5. The molecule has 0 aliphatic rings. The van der Waals surface area contributed by atoms with E-state index < -0.39 is 52.7 Å². The van der Waals surface area contributed by atoms with Crippen LogP contribution < -0.4 is 48.5 Å². The van der Waals surface area contributed by atoms with Gasteiger partial charge in [-0.15, -0.1) is 0 Å². The van der Waals surface area contributed by atoms with Gasteiger partial charge in [0.25, 0.3) is 0 Å². The smallest absolute Gasteiger partial charge is 0.0953 e. The second-order valence-electron chi connectivity index (χ2n) is 25.8. The van der Waals surface area contributed by atoms with Crippen LogP contribution in [0.2, 0.25) is 0 Å². The van der Waals surface area contributed by atoms with Crippen LogP contribution in [-0.4, -0.2) is 52.7 Å². The number of nitrogens with one attached hydrogen (secondary N) is 3. The molecule has 12 N–H and O–H groups in total. The number of aliphatic carboxylic acids is 3. The lowest BCUT2D eigenvalue weighted by Crippen LogP contribution is -2.67. The molecule has 9 aromatic rings. The Morgan fingerprint density at radius 2 is 0.344 bits per heavy atom. The Morgan fingerprint density at radius 3 is 0.422 bits per heavy atom. The van der Waals surface area contributed by atoms with E-state index in [1.807, 2.05) is 273 Å². The third-order valence-electron chi connectivity index (χ3n) is 13.2. The second-order valence-corrected chi connectivity index (χ2v) is 25.8. The molecule has 3 atom stereocenters. The second kappa shape index (κ2) is 34.8. The summed E-state index contributed by atoms with van der Waals surface area (Å²) < 4.78 is 0. The normalized spacial score (nSPS) is 12.4. The van der Waals surface area contributed by atoms with E-state index in [1.165, 1.54) is 0 Å². The van der Waals surface area contributed by atoms with Crippen molar-refractivity contribution in [1.29, 1.82) is 0 Å². The Bertz CT molecular complexity index is 2780. The Morgan fingerprint density at radius 1 is 0.256 bits per heavy atom. The summed E-state index contributed by atoms with van der Waals surface area (Å²) in [6.45, 7) is 23.5. The van der Waals surface area contributed by atoms with E-state index in [0.717, 1.165) is 50.1 Å². The summed E-state index contributed by atoms with van der Waals surface area (Å²) in [5.74, 6) is -3.40. The van der Waals surface area contributed by atoms with Gasteiger partial charge in [-0.05, 0) is 133 Å². The average Bonchev–Trinajstić information content (AvgIpc) is 0.792. The molecule has 90 heavy (non-hydrogen) atoms. The van der Waals surface area contributed by atoms with Gasteiger partial charge in [0, 0.05) is 18.1 Å². The summed E-state index contributed by atoms with van der Waals surface area (Å²) in [5.41, 5.74) is 18.5. The minimum Gasteiger partial charge on any atom is -0.548 e. The maximum Gasteiger partial charge on any atom is 0.0953 e. The van der Waals surface area contributed by atoms with Gasteiger partial charge in [0.05, 0.1) is 51.1 Å². The molecule has 0 heterocycles. The number of quaternary nitrogens is 3. The van der Waals surface area contributed by atoms with Gasteiger partial charge in [-0.25, -0.2) is 0 Å². The van der Waals surface area contributed by atoms with Crippen molar-refractivity contribution in [2.75, 3.05) is 0 Å². The van der Waals surface area contributed by atoms with Gasteiger partial charge in [0.2, 0.25) is 0 Å². The van der Waals surface area contributed by atoms with Gasteiger partial charge >= 0.3 is 0 Å². The van der Waals surface area contributed by atoms with E-state index in [-0.39, 0.29) is 16.6 Å². The summed E-state index contributed by atoms with van der Waals surface area (Å²) in [6.07, 6.45) is 0. The molecule has 0 saturated carbocycles. The topological polar surface area (TPSA) is 239 Å². The number of benzene rings is 9. The van der Waals surface area contributed by atoms with Crippen LogP contribution in [0.3, 0.4) is 0 Å². The van der Waals surface area contributed by atoms with Crippen molar-refractivity contribution in [3.05, 3.63) is 323 Å². The van der Waals surface area contributed by atoms with E-state index in [1.54, 1.807) is 20.8 Å². The predicted octanol–water partition coefficient (Wildman–Crippen LogP) is 8.20. The number of carboxylic acids is 3. The molecule has 0 unspecified atom stereocenters. The molecule has 9 aromatic carbocycles. The molecule has 0 aliphatic heterocycles. The van der Waals surface area contributed by atoms with Crippen LogP contribution in [0.25, 0.3) is 0 Å². The first kappa shape index (κ1) is 73.6. The van der Waals surface area contributed by atoms with Crippen molar-refractivity contribution in [2.45, 2.75) is 134 Å². The van der Waals surface area contributed by atoms with Gasteiger partial charge < -0.3 is 46.9 Å². The molecule has 474 valence electrons. The molecule has 0 aliphatic carbocycles. The molecule has 0 fully saturated rings. The summed E-state index contributed by atoms with van der Waals surface area (Å²) in [5, 5.41) is 44.4. The molecule has 0 spiro atoms. The fourth-order valence-electron chi connectivity index (χ4n) is 9.59. The van der Waals surface area contributed by atoms with Crippen molar-refractivity contribution >= 4 is 17.9 Å². The number of hydrogen-bond donors (Lipinski definition) is 6. The van der Waals surface area contributed by atoms with E-state index in [2.05, 4.69) is 95.5 Å². The van der Waals surface area contributed by atoms with E-state index in [0.29, 0.717) is 0 Å². The van der Waals surface area contributed by atoms with Gasteiger partial charge in [0.1, 0.15) is 0 Å². The largest absolute Gasteiger partial charge is 0.548 e. The number of carbonyl (C=O) groups excluding carboxylic acids is 3. The van der Waals surface area contributed by atoms with Crippen molar-refractivity contribution < 1.29 is 46.9 Å². The van der Waals surface area contributed by atoms with Crippen LogP contribution in [0.15, 0.2) is 273 Å². The minimum atomic E-state index is -1.13. The standard InChI is InChI=1S/3C22H21NO2.3C4H11N/c3*1-17(21(24)25)23-22(18-11-5-2-6-12-18,19-13-7-3-8-14-19)20-15-9-4-10-16-20;3*1-4(2,3)5/h3*2-17,23H,1H3,(H,24,25);3*5H2,1-3H3/t3*17-;;;/m000.../s1. The van der Waals surface area contributed by atoms with Gasteiger partial charge in [0.15, 0.2) is 0 Å². The number of carbonyl (C=O) groups is 3. The summed E-state index contributed by atoms with van der Waals surface area (Å²) in [6, 6.07) is 86.5. The van der Waals surface area contributed by atoms with Gasteiger partial charge in [-0.3, -0.25) is 16.0 Å². The first-order chi connectivity index (χ1) is 42.4. The fourth-order valence-corrected chi connectivity index (χ4v) is 9.59. The van der Waals surface area contributed by atoms with Gasteiger partial charge in [-0.2, -0.15) is 0 Å². The zero-order chi connectivity index (χ0) is 66.6. The zero-order valence-corrected chi connectivity index (χ0v) is 54.8. The predicted molar refractivity (Wildman–Crippen MR) is 358 cm³/mol. The highest BCUT2D eigenvalue weighted by molar-refractivity contribution is 5.73. The number of hydrogen-bond acceptors (Lipinski definition) is 9. The highest BCUT2D eigenvalue weighted by Crippen LogP contribution is 2.40. The lowest BCUT2D eigenvalue weighted by molar-refractivity contribution is -0.459.